The minimum Gasteiger partial charge on any atom is -0.432 e. The van der Waals surface area contributed by atoms with Crippen LogP contribution in [0.5, 0.6) is 0 Å². The molecule has 1 unspecified atom stereocenters. The molecule has 2 aromatic carbocycles. The average Bonchev–Trinajstić information content (AvgIpc) is 2.53. The molecule has 2 rings (SSSR count). The fraction of sp³-hybridized carbons (Fsp3) is 0.0667. The highest BCUT2D eigenvalue weighted by Crippen LogP contribution is 2.22. The largest absolute Gasteiger partial charge is 0.432 e. The number of ether oxygens (including phenoxy) is 1. The maximum absolute atomic E-state index is 12.5. The number of amides is 1. The quantitative estimate of drug-likeness (QED) is 0.386. The summed E-state index contributed by atoms with van der Waals surface area (Å²) in [7, 11) is 0. The molecule has 5 heteroatoms. The van der Waals surface area contributed by atoms with Gasteiger partial charge in [0.05, 0.1) is 0 Å². The van der Waals surface area contributed by atoms with E-state index in [1.165, 1.54) is 0 Å². The van der Waals surface area contributed by atoms with Crippen molar-refractivity contribution in [2.75, 3.05) is 0 Å². The lowest BCUT2D eigenvalue weighted by molar-refractivity contribution is 0.0628. The Morgan fingerprint density at radius 3 is 2.05 bits per heavy atom. The van der Waals surface area contributed by atoms with E-state index in [0.717, 1.165) is 0 Å². The van der Waals surface area contributed by atoms with Crippen LogP contribution >= 0.6 is 0 Å². The van der Waals surface area contributed by atoms with Crippen LogP contribution in [0.15, 0.2) is 60.7 Å². The zero-order valence-corrected chi connectivity index (χ0v) is 10.7. The van der Waals surface area contributed by atoms with Crippen LogP contribution in [0, 0.1) is 0 Å². The van der Waals surface area contributed by atoms with Gasteiger partial charge in [0.2, 0.25) is 5.78 Å². The summed E-state index contributed by atoms with van der Waals surface area (Å²) >= 11 is 0. The topological polar surface area (TPSA) is 81.4 Å². The van der Waals surface area contributed by atoms with Crippen molar-refractivity contribution in [3.8, 4) is 0 Å². The lowest BCUT2D eigenvalue weighted by Gasteiger charge is -2.16. The number of benzene rings is 2. The molecule has 1 atom stereocenters. The second-order valence-corrected chi connectivity index (χ2v) is 4.07. The summed E-state index contributed by atoms with van der Waals surface area (Å²) in [5, 5.41) is 0. The van der Waals surface area contributed by atoms with Gasteiger partial charge < -0.3 is 4.74 Å². The number of rotatable bonds is 4. The number of carbonyl (C=O) groups is 2. The number of carbonyl (C=O) groups excluding carboxylic acids is 2. The molecule has 0 saturated heterocycles. The van der Waals surface area contributed by atoms with Gasteiger partial charge in [-0.1, -0.05) is 60.7 Å². The minimum atomic E-state index is -1.03. The first-order valence-electron chi connectivity index (χ1n) is 6.04. The third kappa shape index (κ3) is 3.21. The van der Waals surface area contributed by atoms with Gasteiger partial charge in [-0.25, -0.2) is 10.6 Å². The van der Waals surface area contributed by atoms with E-state index >= 15 is 0 Å². The van der Waals surface area contributed by atoms with Crippen molar-refractivity contribution in [2.24, 2.45) is 5.84 Å². The molecule has 0 aromatic heterocycles. The van der Waals surface area contributed by atoms with E-state index in [2.05, 4.69) is 0 Å². The standard InChI is InChI=1S/C15H14N2O3/c16-17-15(19)20-14(12-9-5-2-6-10-12)13(18)11-7-3-1-4-8-11/h1-10,14H,16H2,(H,17,19). The first-order valence-corrected chi connectivity index (χ1v) is 6.04. The van der Waals surface area contributed by atoms with E-state index in [0.29, 0.717) is 11.1 Å². The van der Waals surface area contributed by atoms with Crippen molar-refractivity contribution in [2.45, 2.75) is 6.10 Å². The van der Waals surface area contributed by atoms with Crippen molar-refractivity contribution < 1.29 is 14.3 Å². The van der Waals surface area contributed by atoms with Gasteiger partial charge in [0, 0.05) is 11.1 Å². The van der Waals surface area contributed by atoms with Crippen LogP contribution in [0.3, 0.4) is 0 Å². The van der Waals surface area contributed by atoms with E-state index in [-0.39, 0.29) is 5.78 Å². The Morgan fingerprint density at radius 1 is 0.950 bits per heavy atom. The Labute approximate surface area is 116 Å². The van der Waals surface area contributed by atoms with E-state index in [1.807, 2.05) is 17.6 Å². The van der Waals surface area contributed by atoms with Gasteiger partial charge in [-0.15, -0.1) is 0 Å². The van der Waals surface area contributed by atoms with Gasteiger partial charge in [0.1, 0.15) is 0 Å². The molecule has 0 aliphatic heterocycles. The third-order valence-electron chi connectivity index (χ3n) is 2.74. The second-order valence-electron chi connectivity index (χ2n) is 4.07. The zero-order chi connectivity index (χ0) is 14.4. The van der Waals surface area contributed by atoms with E-state index in [9.17, 15) is 9.59 Å². The predicted molar refractivity (Wildman–Crippen MR) is 73.8 cm³/mol. The number of hydrazine groups is 1. The Morgan fingerprint density at radius 2 is 1.50 bits per heavy atom. The number of nitrogens with two attached hydrogens (primary N) is 1. The molecule has 0 aliphatic rings. The monoisotopic (exact) mass is 270 g/mol. The van der Waals surface area contributed by atoms with Gasteiger partial charge in [-0.3, -0.25) is 10.2 Å². The molecule has 1 amide bonds. The number of ketones is 1. The highest BCUT2D eigenvalue weighted by molar-refractivity contribution is 6.00. The Kier molecular flexibility index (Phi) is 4.47. The van der Waals surface area contributed by atoms with Crippen LogP contribution in [-0.4, -0.2) is 11.9 Å². The Bertz CT molecular complexity index is 585. The van der Waals surface area contributed by atoms with Crippen LogP contribution in [0.1, 0.15) is 22.0 Å². The fourth-order valence-electron chi connectivity index (χ4n) is 1.80. The van der Waals surface area contributed by atoms with Crippen LogP contribution in [0.2, 0.25) is 0 Å². The van der Waals surface area contributed by atoms with E-state index < -0.39 is 12.2 Å². The number of Topliss-reactive ketones (excluding diaryl/α,β-unsaturated/α-hetero) is 1. The molecule has 0 spiro atoms. The molecule has 0 saturated carbocycles. The molecule has 20 heavy (non-hydrogen) atoms. The first-order chi connectivity index (χ1) is 9.72. The van der Waals surface area contributed by atoms with Crippen molar-refractivity contribution in [1.82, 2.24) is 5.43 Å². The molecule has 0 radical (unpaired) electrons. The summed E-state index contributed by atoms with van der Waals surface area (Å²) in [6.45, 7) is 0. The number of hydrogen-bond acceptors (Lipinski definition) is 4. The normalized spacial score (nSPS) is 11.4. The molecular formula is C15H14N2O3. The van der Waals surface area contributed by atoms with Crippen LogP contribution in [-0.2, 0) is 4.74 Å². The third-order valence-corrected chi connectivity index (χ3v) is 2.74. The molecule has 2 aromatic rings. The molecular weight excluding hydrogens is 256 g/mol. The summed E-state index contributed by atoms with van der Waals surface area (Å²) in [5.74, 6) is 4.70. The number of hydrogen-bond donors (Lipinski definition) is 2. The summed E-state index contributed by atoms with van der Waals surface area (Å²) in [6.07, 6.45) is -1.88. The molecule has 0 aliphatic carbocycles. The van der Waals surface area contributed by atoms with Gasteiger partial charge in [0.25, 0.3) is 0 Å². The first kappa shape index (κ1) is 13.8. The van der Waals surface area contributed by atoms with Crippen LogP contribution in [0.25, 0.3) is 0 Å². The van der Waals surface area contributed by atoms with Gasteiger partial charge in [-0.05, 0) is 0 Å². The summed E-state index contributed by atoms with van der Waals surface area (Å²) in [4.78, 5) is 23.8. The molecule has 0 bridgehead atoms. The Balaban J connectivity index is 2.32. The SMILES string of the molecule is NNC(=O)OC(C(=O)c1ccccc1)c1ccccc1. The maximum atomic E-state index is 12.5. The zero-order valence-electron chi connectivity index (χ0n) is 10.7. The lowest BCUT2D eigenvalue weighted by Crippen LogP contribution is -2.33. The second kappa shape index (κ2) is 6.49. The molecule has 0 fully saturated rings. The summed E-state index contributed by atoms with van der Waals surface area (Å²) in [5.41, 5.74) is 2.91. The van der Waals surface area contributed by atoms with Crippen molar-refractivity contribution >= 4 is 11.9 Å². The van der Waals surface area contributed by atoms with Crippen molar-refractivity contribution in [1.29, 1.82) is 0 Å². The lowest BCUT2D eigenvalue weighted by atomic mass is 10.00. The Hall–Kier alpha value is -2.66. The average molecular weight is 270 g/mol. The van der Waals surface area contributed by atoms with Gasteiger partial charge in [0.15, 0.2) is 6.10 Å². The summed E-state index contributed by atoms with van der Waals surface area (Å²) in [6, 6.07) is 17.4. The van der Waals surface area contributed by atoms with Gasteiger partial charge >= 0.3 is 6.09 Å². The number of nitrogens with one attached hydrogen (secondary N) is 1. The smallest absolute Gasteiger partial charge is 0.422 e. The molecule has 102 valence electrons. The predicted octanol–water partition coefficient (Wildman–Crippen LogP) is 2.21. The molecule has 0 heterocycles. The van der Waals surface area contributed by atoms with Crippen molar-refractivity contribution in [3.63, 3.8) is 0 Å². The van der Waals surface area contributed by atoms with Gasteiger partial charge in [-0.2, -0.15) is 0 Å². The van der Waals surface area contributed by atoms with Crippen LogP contribution < -0.4 is 11.3 Å². The maximum Gasteiger partial charge on any atom is 0.422 e. The van der Waals surface area contributed by atoms with Crippen molar-refractivity contribution in [3.05, 3.63) is 71.8 Å². The highest BCUT2D eigenvalue weighted by atomic mass is 16.6. The minimum absolute atomic E-state index is 0.305. The van der Waals surface area contributed by atoms with Crippen LogP contribution in [0.4, 0.5) is 4.79 Å². The fourth-order valence-corrected chi connectivity index (χ4v) is 1.80. The van der Waals surface area contributed by atoms with E-state index in [4.69, 9.17) is 10.6 Å². The van der Waals surface area contributed by atoms with E-state index in [1.54, 1.807) is 48.5 Å². The molecule has 3 N–H and O–H groups in total. The highest BCUT2D eigenvalue weighted by Gasteiger charge is 2.25. The summed E-state index contributed by atoms with van der Waals surface area (Å²) < 4.78 is 5.08. The molecule has 5 nitrogen and oxygen atoms in total.